The smallest absolute Gasteiger partial charge is 0.115 e. The predicted molar refractivity (Wildman–Crippen MR) is 267 cm³/mol. The van der Waals surface area contributed by atoms with Crippen LogP contribution in [0.15, 0.2) is 91.0 Å². The number of phenols is 1. The van der Waals surface area contributed by atoms with Crippen LogP contribution in [0.2, 0.25) is 0 Å². The van der Waals surface area contributed by atoms with Gasteiger partial charge in [-0.2, -0.15) is 0 Å². The second-order valence-corrected chi connectivity index (χ2v) is 8.00. The number of hydrogen-bond acceptors (Lipinski definition) is 7. The third-order valence-corrected chi connectivity index (χ3v) is 4.84. The van der Waals surface area contributed by atoms with Gasteiger partial charge in [0, 0.05) is 34.1 Å². The van der Waals surface area contributed by atoms with Crippen LogP contribution in [0.25, 0.3) is 0 Å². The number of aryl methyl sites for hydroxylation is 1. The molecule has 3 aromatic rings. The van der Waals surface area contributed by atoms with E-state index in [0.717, 1.165) is 13.0 Å². The van der Waals surface area contributed by atoms with Gasteiger partial charge in [-0.25, -0.2) is 0 Å². The molecule has 0 aliphatic carbocycles. The van der Waals surface area contributed by atoms with Crippen molar-refractivity contribution in [3.63, 3.8) is 0 Å². The van der Waals surface area contributed by atoms with E-state index in [2.05, 4.69) is 79.8 Å². The number of para-hydroxylation sites is 1. The highest BCUT2D eigenvalue weighted by atomic mass is 31.0. The van der Waals surface area contributed by atoms with Crippen molar-refractivity contribution in [2.75, 3.05) is 6.54 Å². The fourth-order valence-electron chi connectivity index (χ4n) is 2.36. The van der Waals surface area contributed by atoms with E-state index >= 15 is 0 Å². The maximum Gasteiger partial charge on any atom is 0.115 e. The van der Waals surface area contributed by atoms with Crippen molar-refractivity contribution in [2.24, 2.45) is 11.5 Å². The number of hydrogen-bond donors (Lipinski definition) is 5. The van der Waals surface area contributed by atoms with Crippen LogP contribution < -0.4 is 17.6 Å². The predicted octanol–water partition coefficient (Wildman–Crippen LogP) is 15.1. The second kappa shape index (κ2) is 97.8. The topological polar surface area (TPSA) is 146 Å². The van der Waals surface area contributed by atoms with Gasteiger partial charge in [0.15, 0.2) is 0 Å². The van der Waals surface area contributed by atoms with Crippen molar-refractivity contribution >= 4 is 28.4 Å². The van der Waals surface area contributed by atoms with Crippen LogP contribution in [0.1, 0.15) is 156 Å². The fraction of sp³-hybridized carbons (Fsp3) is 0.561. The molecule has 0 radical (unpaired) electrons. The van der Waals surface area contributed by atoms with Crippen molar-refractivity contribution in [3.8, 4) is 5.75 Å². The number of nitrogens with two attached hydrogens (primary N) is 2. The first-order valence-electron chi connectivity index (χ1n) is 22.1. The first-order valence-corrected chi connectivity index (χ1v) is 14.5. The van der Waals surface area contributed by atoms with E-state index in [0.29, 0.717) is 5.75 Å². The fourth-order valence-corrected chi connectivity index (χ4v) is 2.45. The SMILES string of the molecule is C.C.CC.CC(Cc1ccccc1)OP.CC(N)OP.CCCc1ccccc1.CCN.F.N.OP.Oc1ccccc1.[2HH].[2HH].[3H]C.[3H]C.[3H]C.[3H]C.[3H]C.[3H]C.[3H]C.[3H]C.[3H]C. The van der Waals surface area contributed by atoms with Crippen molar-refractivity contribution in [2.45, 2.75) is 155 Å². The lowest BCUT2D eigenvalue weighted by Crippen LogP contribution is -2.13. The molecular formula is C41H107FN3O4P3. The van der Waals surface area contributed by atoms with Gasteiger partial charge in [0.25, 0.3) is 0 Å². The quantitative estimate of drug-likeness (QED) is 0.123. The standard InChI is InChI=1S/C9H13OP.C9H12.C6H6O.C2H8NOP.C2H7N.C2H6.11CH4.FH.H3N.H3OP.2H2/c1-8(10-11)7-9-5-3-2-4-6-9;1-2-6-9-7-4-3-5-8-9;7-6-4-2-1-3-5-6;1-2(3)4-5;1-2-3;1-2;;;;;;;;;;;;;;1-2;;/h2-6,8H,7,11H2,1H3;3-5,7-8H,2,6H2,1H3;1-5,7H;2H,3,5H2,1H3;2-3H2,1H3;1-2H3;11*1H4;1H;1H3;1H,2H2;2*1H/i;;;;;;9*1T;;;;;;2*1+1. The van der Waals surface area contributed by atoms with E-state index < -0.39 is 0 Å². The van der Waals surface area contributed by atoms with Crippen LogP contribution in [-0.2, 0) is 21.9 Å². The number of phenolic OH excluding ortho intramolecular Hbond substituents is 1. The van der Waals surface area contributed by atoms with Gasteiger partial charge >= 0.3 is 0 Å². The van der Waals surface area contributed by atoms with Crippen molar-refractivity contribution < 1.29 is 38.9 Å². The molecule has 0 spiro atoms. The minimum absolute atomic E-state index is 0. The third-order valence-electron chi connectivity index (χ3n) is 3.95. The van der Waals surface area contributed by atoms with E-state index in [4.69, 9.17) is 38.3 Å². The average molecular weight is 838 g/mol. The van der Waals surface area contributed by atoms with E-state index in [1.54, 1.807) is 31.2 Å². The molecule has 0 saturated carbocycles. The Morgan fingerprint density at radius 2 is 0.904 bits per heavy atom. The highest BCUT2D eigenvalue weighted by Gasteiger charge is 1.99. The van der Waals surface area contributed by atoms with Crippen LogP contribution in [0.4, 0.5) is 4.70 Å². The van der Waals surface area contributed by atoms with Crippen LogP contribution in [0.5, 0.6) is 5.75 Å². The zero-order chi connectivity index (χ0) is 48.7. The Kier molecular flexibility index (Phi) is 129. The van der Waals surface area contributed by atoms with Crippen LogP contribution in [0.3, 0.4) is 0 Å². The molecule has 3 aromatic carbocycles. The van der Waals surface area contributed by atoms with E-state index in [9.17, 15) is 0 Å². The van der Waals surface area contributed by atoms with Gasteiger partial charge in [0.2, 0.25) is 0 Å². The number of rotatable bonds is 6. The van der Waals surface area contributed by atoms with E-state index in [1.165, 1.54) is 100 Å². The summed E-state index contributed by atoms with van der Waals surface area (Å²) in [7, 11) is 17.0. The number of benzene rings is 3. The molecule has 0 saturated heterocycles. The molecule has 0 bridgehead atoms. The lowest BCUT2D eigenvalue weighted by Gasteiger charge is -2.07. The van der Waals surface area contributed by atoms with Gasteiger partial charge < -0.3 is 36.7 Å². The largest absolute Gasteiger partial charge is 0.508 e. The molecule has 0 aliphatic heterocycles. The molecule has 0 aromatic heterocycles. The van der Waals surface area contributed by atoms with Gasteiger partial charge in [0.05, 0.1) is 6.10 Å². The highest BCUT2D eigenvalue weighted by molar-refractivity contribution is 7.10. The summed E-state index contributed by atoms with van der Waals surface area (Å²) in [5.74, 6) is 0.322. The Morgan fingerprint density at radius 1 is 0.654 bits per heavy atom. The Labute approximate surface area is 353 Å². The van der Waals surface area contributed by atoms with E-state index in [1.807, 2.05) is 45.0 Å². The molecule has 0 heterocycles. The third kappa shape index (κ3) is 97.5. The maximum absolute atomic E-state index is 8.63. The molecule has 0 aliphatic rings. The first kappa shape index (κ1) is 68.5. The summed E-state index contributed by atoms with van der Waals surface area (Å²) in [6.45, 7) is 12.7. The Bertz CT molecular complexity index is 845. The van der Waals surface area contributed by atoms with Crippen molar-refractivity contribution in [1.82, 2.24) is 6.15 Å². The van der Waals surface area contributed by atoms with Crippen molar-refractivity contribution in [3.05, 3.63) is 102 Å². The molecule has 3 rings (SSSR count). The molecule has 52 heavy (non-hydrogen) atoms. The molecule has 11 heteroatoms. The molecule has 0 fully saturated rings. The summed E-state index contributed by atoms with van der Waals surface area (Å²) < 4.78 is 61.3. The minimum Gasteiger partial charge on any atom is -0.508 e. The van der Waals surface area contributed by atoms with Gasteiger partial charge in [0.1, 0.15) is 12.0 Å². The summed E-state index contributed by atoms with van der Waals surface area (Å²) in [4.78, 5) is 6.92. The summed E-state index contributed by atoms with van der Waals surface area (Å²) in [5.41, 5.74) is 12.7. The average Bonchev–Trinajstić information content (AvgIpc) is 3.33. The van der Waals surface area contributed by atoms with Gasteiger partial charge in [-0.3, -0.25) is 4.70 Å². The lowest BCUT2D eigenvalue weighted by atomic mass is 10.1. The van der Waals surface area contributed by atoms with Gasteiger partial charge in [-0.05, 0) is 66.0 Å². The summed E-state index contributed by atoms with van der Waals surface area (Å²) >= 11 is 0. The molecule has 0 amide bonds. The Hall–Kier alpha value is -1.56. The Balaban J connectivity index is -0.0000000203. The molecule has 7 nitrogen and oxygen atoms in total. The highest BCUT2D eigenvalue weighted by Crippen LogP contribution is 2.07. The Morgan fingerprint density at radius 3 is 1.10 bits per heavy atom. The maximum atomic E-state index is 8.63. The van der Waals surface area contributed by atoms with Crippen molar-refractivity contribution in [1.29, 1.82) is 0 Å². The molecule has 332 valence electrons. The van der Waals surface area contributed by atoms with Crippen LogP contribution >= 0.6 is 28.4 Å². The lowest BCUT2D eigenvalue weighted by molar-refractivity contribution is 0.263. The normalized spacial score (nSPS) is 8.75. The van der Waals surface area contributed by atoms with Gasteiger partial charge in [-0.1, -0.05) is 194 Å². The van der Waals surface area contributed by atoms with Crippen LogP contribution in [0, 0.1) is 0 Å². The zero-order valence-electron chi connectivity index (χ0n) is 43.9. The van der Waals surface area contributed by atoms with Crippen LogP contribution in [-0.4, -0.2) is 28.9 Å². The number of halogens is 1. The van der Waals surface area contributed by atoms with Gasteiger partial charge in [-0.15, -0.1) is 0 Å². The minimum atomic E-state index is -0.153. The molecule has 9 N–H and O–H groups in total. The summed E-state index contributed by atoms with van der Waals surface area (Å²) in [6.07, 6.45) is 3.55. The summed E-state index contributed by atoms with van der Waals surface area (Å²) in [5, 5.41) is 8.63. The monoisotopic (exact) mass is 838 g/mol. The molecular weight excluding hydrogens is 710 g/mol. The second-order valence-electron chi connectivity index (χ2n) is 7.46. The summed E-state index contributed by atoms with van der Waals surface area (Å²) in [6, 6.07) is 29.6. The number of aromatic hydroxyl groups is 1. The molecule has 5 unspecified atom stereocenters. The zero-order valence-corrected chi connectivity index (χ0v) is 38.3. The first-order chi connectivity index (χ1) is 27.8. The molecule has 5 atom stereocenters. The van der Waals surface area contributed by atoms with E-state index in [-0.39, 0.29) is 40.9 Å².